The van der Waals surface area contributed by atoms with Gasteiger partial charge in [-0.25, -0.2) is 19.8 Å². The number of pyridine rings is 1. The molecular weight excluding hydrogens is 446 g/mol. The molecule has 1 amide bonds. The van der Waals surface area contributed by atoms with Crippen LogP contribution in [0.25, 0.3) is 17.2 Å². The standard InChI is InChI=1S/C25H25N7O3/c1-15(2)31-14-27-29-24(31)21-4-3-5-22(32(21)34)28-25(33)19-11-18(10-17-8-9-35-23(17)19)30-12-20(26-13-30)16-6-7-16/h3-5,10-16H,6-9H2,1-2H3,(H,28,33). The van der Waals surface area contributed by atoms with E-state index in [0.717, 1.165) is 23.4 Å². The van der Waals surface area contributed by atoms with Crippen LogP contribution in [-0.4, -0.2) is 36.8 Å². The molecule has 0 unspecified atom stereocenters. The van der Waals surface area contributed by atoms with Crippen molar-refractivity contribution >= 4 is 11.7 Å². The number of hydrogen-bond donors (Lipinski definition) is 1. The van der Waals surface area contributed by atoms with Crippen molar-refractivity contribution in [2.45, 2.75) is 45.1 Å². The summed E-state index contributed by atoms with van der Waals surface area (Å²) in [6.45, 7) is 4.47. The van der Waals surface area contributed by atoms with Gasteiger partial charge in [0.25, 0.3) is 5.82 Å². The van der Waals surface area contributed by atoms with Crippen LogP contribution < -0.4 is 14.8 Å². The minimum atomic E-state index is -0.417. The predicted molar refractivity (Wildman–Crippen MR) is 127 cm³/mol. The van der Waals surface area contributed by atoms with Crippen molar-refractivity contribution in [3.05, 3.63) is 71.2 Å². The number of rotatable bonds is 6. The van der Waals surface area contributed by atoms with Crippen molar-refractivity contribution in [1.29, 1.82) is 0 Å². The second-order valence-electron chi connectivity index (χ2n) is 9.26. The van der Waals surface area contributed by atoms with Gasteiger partial charge in [-0.1, -0.05) is 0 Å². The molecule has 0 radical (unpaired) electrons. The lowest BCUT2D eigenvalue weighted by Crippen LogP contribution is -2.35. The van der Waals surface area contributed by atoms with Gasteiger partial charge in [0.1, 0.15) is 17.6 Å². The first-order chi connectivity index (χ1) is 17.0. The van der Waals surface area contributed by atoms with Crippen molar-refractivity contribution in [1.82, 2.24) is 24.3 Å². The Hall–Kier alpha value is -4.21. The molecule has 1 fully saturated rings. The van der Waals surface area contributed by atoms with E-state index in [4.69, 9.17) is 4.74 Å². The molecule has 0 atom stereocenters. The smallest absolute Gasteiger partial charge is 0.342 e. The van der Waals surface area contributed by atoms with Gasteiger partial charge in [0.2, 0.25) is 5.82 Å². The number of imidazole rings is 1. The first-order valence-corrected chi connectivity index (χ1v) is 11.8. The van der Waals surface area contributed by atoms with Gasteiger partial charge in [0.15, 0.2) is 5.69 Å². The number of nitrogens with zero attached hydrogens (tertiary/aromatic N) is 6. The van der Waals surface area contributed by atoms with Gasteiger partial charge < -0.3 is 19.1 Å². The molecule has 1 aliphatic heterocycles. The van der Waals surface area contributed by atoms with E-state index in [9.17, 15) is 10.0 Å². The number of benzene rings is 1. The summed E-state index contributed by atoms with van der Waals surface area (Å²) in [5, 5.41) is 24.0. The Kier molecular flexibility index (Phi) is 5.01. The van der Waals surface area contributed by atoms with Gasteiger partial charge in [-0.3, -0.25) is 0 Å². The maximum atomic E-state index is 13.4. The number of hydrogen-bond acceptors (Lipinski definition) is 6. The summed E-state index contributed by atoms with van der Waals surface area (Å²) < 4.78 is 10.2. The van der Waals surface area contributed by atoms with Gasteiger partial charge >= 0.3 is 5.91 Å². The van der Waals surface area contributed by atoms with E-state index in [1.54, 1.807) is 41.5 Å². The van der Waals surface area contributed by atoms with E-state index in [1.807, 2.05) is 30.7 Å². The number of fused-ring (bicyclic) bond motifs is 1. The summed E-state index contributed by atoms with van der Waals surface area (Å²) in [4.78, 5) is 17.9. The fourth-order valence-corrected chi connectivity index (χ4v) is 4.42. The lowest BCUT2D eigenvalue weighted by Gasteiger charge is -2.15. The van der Waals surface area contributed by atoms with E-state index in [-0.39, 0.29) is 11.9 Å². The van der Waals surface area contributed by atoms with Gasteiger partial charge in [-0.2, -0.15) is 0 Å². The molecule has 4 heterocycles. The Bertz CT molecular complexity index is 1430. The summed E-state index contributed by atoms with van der Waals surface area (Å²) in [7, 11) is 0. The van der Waals surface area contributed by atoms with Crippen molar-refractivity contribution in [3.8, 4) is 23.0 Å². The molecule has 0 bridgehead atoms. The monoisotopic (exact) mass is 471 g/mol. The third-order valence-electron chi connectivity index (χ3n) is 6.46. The third kappa shape index (κ3) is 3.80. The number of amides is 1. The maximum Gasteiger partial charge on any atom is 0.342 e. The molecule has 6 rings (SSSR count). The summed E-state index contributed by atoms with van der Waals surface area (Å²) in [5.41, 5.74) is 3.56. The van der Waals surface area contributed by atoms with Crippen LogP contribution in [0, 0.1) is 5.21 Å². The minimum Gasteiger partial charge on any atom is -0.710 e. The average Bonchev–Trinajstić information content (AvgIpc) is 3.25. The van der Waals surface area contributed by atoms with E-state index >= 15 is 0 Å². The van der Waals surface area contributed by atoms with Gasteiger partial charge in [-0.15, -0.1) is 10.2 Å². The number of aromatic nitrogens is 6. The van der Waals surface area contributed by atoms with Gasteiger partial charge in [0.05, 0.1) is 18.6 Å². The molecule has 0 saturated heterocycles. The molecule has 35 heavy (non-hydrogen) atoms. The number of carbonyl (C=O) groups is 1. The lowest BCUT2D eigenvalue weighted by molar-refractivity contribution is -0.578. The van der Waals surface area contributed by atoms with E-state index in [1.165, 1.54) is 12.8 Å². The number of nitrogens with one attached hydrogen (secondary N) is 1. The highest BCUT2D eigenvalue weighted by Gasteiger charge is 2.28. The maximum absolute atomic E-state index is 13.4. The van der Waals surface area contributed by atoms with Crippen molar-refractivity contribution in [2.75, 3.05) is 11.9 Å². The summed E-state index contributed by atoms with van der Waals surface area (Å²) in [6, 6.07) is 8.82. The largest absolute Gasteiger partial charge is 0.710 e. The Balaban J connectivity index is 1.34. The SMILES string of the molecule is CC(C)n1cnnc1-c1cccc(NC(=O)c2cc(-n3cnc(C4CC4)c3)cc3c2OCC3)[n+]1[O-]. The van der Waals surface area contributed by atoms with Gasteiger partial charge in [-0.05, 0) is 51.0 Å². The second kappa shape index (κ2) is 8.23. The number of ether oxygens (including phenoxy) is 1. The molecule has 1 N–H and O–H groups in total. The first kappa shape index (κ1) is 21.3. The highest BCUT2D eigenvalue weighted by molar-refractivity contribution is 6.06. The zero-order valence-electron chi connectivity index (χ0n) is 19.5. The van der Waals surface area contributed by atoms with Gasteiger partial charge in [0, 0.05) is 41.9 Å². The molecule has 4 aromatic rings. The second-order valence-corrected chi connectivity index (χ2v) is 9.26. The minimum absolute atomic E-state index is 0.0735. The van der Waals surface area contributed by atoms with Crippen LogP contribution in [0.15, 0.2) is 49.2 Å². The van der Waals surface area contributed by atoms with Crippen LogP contribution in [0.3, 0.4) is 0 Å². The normalized spacial score (nSPS) is 14.7. The Morgan fingerprint density at radius 1 is 1.26 bits per heavy atom. The van der Waals surface area contributed by atoms with E-state index in [2.05, 4.69) is 20.5 Å². The van der Waals surface area contributed by atoms with E-state index in [0.29, 0.717) is 40.1 Å². The molecule has 2 aliphatic rings. The van der Waals surface area contributed by atoms with Crippen molar-refractivity contribution in [2.24, 2.45) is 0 Å². The molecular formula is C25H25N7O3. The fraction of sp³-hybridized carbons (Fsp3) is 0.320. The van der Waals surface area contributed by atoms with Crippen LogP contribution in [0.5, 0.6) is 5.75 Å². The number of carbonyl (C=O) groups excluding carboxylic acids is 1. The van der Waals surface area contributed by atoms with Crippen molar-refractivity contribution < 1.29 is 14.3 Å². The topological polar surface area (TPSA) is 114 Å². The van der Waals surface area contributed by atoms with E-state index < -0.39 is 5.91 Å². The lowest BCUT2D eigenvalue weighted by atomic mass is 10.1. The van der Waals surface area contributed by atoms with Crippen LogP contribution in [0.2, 0.25) is 0 Å². The Morgan fingerprint density at radius 3 is 2.91 bits per heavy atom. The molecule has 10 heteroatoms. The highest BCUT2D eigenvalue weighted by atomic mass is 16.5. The van der Waals surface area contributed by atoms with Crippen LogP contribution >= 0.6 is 0 Å². The Labute approximate surface area is 201 Å². The third-order valence-corrected chi connectivity index (χ3v) is 6.46. The molecule has 1 saturated carbocycles. The molecule has 1 aromatic carbocycles. The van der Waals surface area contributed by atoms with Crippen LogP contribution in [-0.2, 0) is 6.42 Å². The van der Waals surface area contributed by atoms with Crippen molar-refractivity contribution in [3.63, 3.8) is 0 Å². The molecule has 0 spiro atoms. The zero-order chi connectivity index (χ0) is 24.1. The predicted octanol–water partition coefficient (Wildman–Crippen LogP) is 3.41. The number of anilines is 1. The molecule has 10 nitrogen and oxygen atoms in total. The molecule has 1 aliphatic carbocycles. The van der Waals surface area contributed by atoms with Crippen LogP contribution in [0.1, 0.15) is 60.3 Å². The molecule has 3 aromatic heterocycles. The van der Waals surface area contributed by atoms with Crippen LogP contribution in [0.4, 0.5) is 5.82 Å². The Morgan fingerprint density at radius 2 is 2.11 bits per heavy atom. The summed E-state index contributed by atoms with van der Waals surface area (Å²) in [5.74, 6) is 1.21. The summed E-state index contributed by atoms with van der Waals surface area (Å²) >= 11 is 0. The zero-order valence-corrected chi connectivity index (χ0v) is 19.5. The highest BCUT2D eigenvalue weighted by Crippen LogP contribution is 2.39. The quantitative estimate of drug-likeness (QED) is 0.341. The fourth-order valence-electron chi connectivity index (χ4n) is 4.42. The molecule has 178 valence electrons. The summed E-state index contributed by atoms with van der Waals surface area (Å²) in [6.07, 6.45) is 8.45. The average molecular weight is 472 g/mol. The first-order valence-electron chi connectivity index (χ1n) is 11.8.